The Morgan fingerprint density at radius 2 is 1.79 bits per heavy atom. The van der Waals surface area contributed by atoms with Crippen LogP contribution in [0.25, 0.3) is 11.1 Å². The maximum atomic E-state index is 5.94. The molecule has 1 heterocycles. The average molecular weight is 375 g/mol. The second kappa shape index (κ2) is 9.81. The fourth-order valence-corrected chi connectivity index (χ4v) is 3.03. The van der Waals surface area contributed by atoms with Crippen molar-refractivity contribution in [3.05, 3.63) is 88.8 Å². The van der Waals surface area contributed by atoms with Gasteiger partial charge < -0.3 is 11.5 Å². The second-order valence-electron chi connectivity index (χ2n) is 6.64. The summed E-state index contributed by atoms with van der Waals surface area (Å²) in [5.74, 6) is 0.290. The monoisotopic (exact) mass is 374 g/mol. The zero-order chi connectivity index (χ0) is 20.7. The van der Waals surface area contributed by atoms with Gasteiger partial charge in [0.25, 0.3) is 0 Å². The molecule has 0 spiro atoms. The van der Waals surface area contributed by atoms with E-state index in [1.165, 1.54) is 0 Å². The van der Waals surface area contributed by atoms with Crippen LogP contribution in [0.1, 0.15) is 50.2 Å². The Kier molecular flexibility index (Phi) is 7.47. The van der Waals surface area contributed by atoms with E-state index in [0.29, 0.717) is 12.5 Å². The molecule has 0 aliphatic heterocycles. The van der Waals surface area contributed by atoms with Crippen molar-refractivity contribution in [2.24, 2.45) is 5.73 Å². The van der Waals surface area contributed by atoms with E-state index in [2.05, 4.69) is 59.9 Å². The first kappa shape index (κ1) is 21.3. The summed E-state index contributed by atoms with van der Waals surface area (Å²) in [6.07, 6.45) is 7.10. The van der Waals surface area contributed by atoms with Gasteiger partial charge in [-0.3, -0.25) is 0 Å². The molecule has 0 saturated heterocycles. The van der Waals surface area contributed by atoms with E-state index in [-0.39, 0.29) is 0 Å². The molecule has 0 aliphatic rings. The maximum Gasteiger partial charge on any atom is 0.220 e. The molecule has 0 bridgehead atoms. The smallest absolute Gasteiger partial charge is 0.220 e. The van der Waals surface area contributed by atoms with Crippen LogP contribution in [0.2, 0.25) is 0 Å². The molecule has 2 aromatic rings. The molecule has 146 valence electrons. The molecule has 0 radical (unpaired) electrons. The number of nitrogen functional groups attached to an aromatic ring is 1. The second-order valence-corrected chi connectivity index (χ2v) is 6.64. The Hall–Kier alpha value is -2.98. The van der Waals surface area contributed by atoms with Crippen molar-refractivity contribution < 1.29 is 0 Å². The number of aryl methyl sites for hydroxylation is 1. The van der Waals surface area contributed by atoms with Crippen LogP contribution in [0.3, 0.4) is 0 Å². The summed E-state index contributed by atoms with van der Waals surface area (Å²) in [5, 5.41) is 0. The number of hydrogen-bond donors (Lipinski definition) is 2. The standard InChI is InChI=1S/C24H30N4/c1-6-18(19-11-9-17(15-25)10-12-19)13-22(16(4)5)21(8-3)23-14-20(7-2)27-24(26)28-23/h6,8-14H,4,7,15,25H2,1-3,5H3,(H2,26,27,28)/b18-6+,21-8+,22-13+. The molecule has 2 rings (SSSR count). The predicted octanol–water partition coefficient (Wildman–Crippen LogP) is 5.09. The molecular weight excluding hydrogens is 344 g/mol. The number of nitrogens with two attached hydrogens (primary N) is 2. The molecule has 0 aliphatic carbocycles. The molecule has 0 saturated carbocycles. The summed E-state index contributed by atoms with van der Waals surface area (Å²) in [5.41, 5.74) is 19.7. The topological polar surface area (TPSA) is 77.8 Å². The first-order chi connectivity index (χ1) is 13.4. The van der Waals surface area contributed by atoms with Gasteiger partial charge in [-0.2, -0.15) is 0 Å². The molecule has 4 N–H and O–H groups in total. The van der Waals surface area contributed by atoms with Crippen LogP contribution in [-0.2, 0) is 13.0 Å². The lowest BCUT2D eigenvalue weighted by Gasteiger charge is -2.15. The molecule has 0 fully saturated rings. The number of nitrogens with zero attached hydrogens (tertiary/aromatic N) is 2. The van der Waals surface area contributed by atoms with Crippen LogP contribution in [0.4, 0.5) is 5.95 Å². The fourth-order valence-electron chi connectivity index (χ4n) is 3.03. The molecule has 1 aromatic heterocycles. The zero-order valence-electron chi connectivity index (χ0n) is 17.3. The quantitative estimate of drug-likeness (QED) is 0.662. The predicted molar refractivity (Wildman–Crippen MR) is 120 cm³/mol. The number of allylic oxidation sites excluding steroid dienone is 7. The number of anilines is 1. The van der Waals surface area contributed by atoms with Crippen molar-refractivity contribution in [3.8, 4) is 0 Å². The Bertz CT molecular complexity index is 932. The summed E-state index contributed by atoms with van der Waals surface area (Å²) < 4.78 is 0. The molecule has 0 unspecified atom stereocenters. The fraction of sp³-hybridized carbons (Fsp3) is 0.250. The van der Waals surface area contributed by atoms with Crippen LogP contribution in [0.5, 0.6) is 0 Å². The van der Waals surface area contributed by atoms with E-state index in [1.807, 2.05) is 32.9 Å². The van der Waals surface area contributed by atoms with Gasteiger partial charge in [-0.25, -0.2) is 9.97 Å². The molecule has 1 aromatic carbocycles. The van der Waals surface area contributed by atoms with Crippen molar-refractivity contribution >= 4 is 17.1 Å². The van der Waals surface area contributed by atoms with Crippen LogP contribution >= 0.6 is 0 Å². The van der Waals surface area contributed by atoms with E-state index in [1.54, 1.807) is 0 Å². The molecule has 0 atom stereocenters. The van der Waals surface area contributed by atoms with E-state index >= 15 is 0 Å². The van der Waals surface area contributed by atoms with Crippen LogP contribution in [0.15, 0.2) is 66.3 Å². The van der Waals surface area contributed by atoms with Crippen molar-refractivity contribution in [3.63, 3.8) is 0 Å². The van der Waals surface area contributed by atoms with E-state index < -0.39 is 0 Å². The van der Waals surface area contributed by atoms with Gasteiger partial charge in [-0.05, 0) is 61.6 Å². The summed E-state index contributed by atoms with van der Waals surface area (Å²) >= 11 is 0. The molecule has 4 heteroatoms. The minimum Gasteiger partial charge on any atom is -0.368 e. The van der Waals surface area contributed by atoms with Crippen molar-refractivity contribution in [2.75, 3.05) is 5.73 Å². The van der Waals surface area contributed by atoms with Crippen LogP contribution in [0, 0.1) is 0 Å². The van der Waals surface area contributed by atoms with Gasteiger partial charge in [0.2, 0.25) is 5.95 Å². The van der Waals surface area contributed by atoms with Crippen molar-refractivity contribution in [1.29, 1.82) is 0 Å². The van der Waals surface area contributed by atoms with E-state index in [4.69, 9.17) is 11.5 Å². The SMILES string of the molecule is C=C(C)C(=C\C(=C/C)c1ccc(CN)cc1)/C(=C\C)c1cc(CC)nc(N)n1. The van der Waals surface area contributed by atoms with Crippen LogP contribution < -0.4 is 11.5 Å². The van der Waals surface area contributed by atoms with Gasteiger partial charge in [0.05, 0.1) is 5.69 Å². The summed E-state index contributed by atoms with van der Waals surface area (Å²) in [4.78, 5) is 8.76. The summed E-state index contributed by atoms with van der Waals surface area (Å²) in [6, 6.07) is 10.3. The van der Waals surface area contributed by atoms with Gasteiger partial charge in [-0.1, -0.05) is 55.5 Å². The van der Waals surface area contributed by atoms with Gasteiger partial charge in [0.15, 0.2) is 0 Å². The number of aromatic nitrogens is 2. The van der Waals surface area contributed by atoms with Gasteiger partial charge in [0, 0.05) is 17.8 Å². The first-order valence-corrected chi connectivity index (χ1v) is 9.57. The number of benzene rings is 1. The Morgan fingerprint density at radius 3 is 2.29 bits per heavy atom. The lowest BCUT2D eigenvalue weighted by Crippen LogP contribution is -2.04. The molecule has 28 heavy (non-hydrogen) atoms. The summed E-state index contributed by atoms with van der Waals surface area (Å²) in [6.45, 7) is 12.8. The molecule has 0 amide bonds. The molecule has 4 nitrogen and oxygen atoms in total. The lowest BCUT2D eigenvalue weighted by molar-refractivity contribution is 1.00. The lowest BCUT2D eigenvalue weighted by atomic mass is 9.92. The van der Waals surface area contributed by atoms with Gasteiger partial charge in [0.1, 0.15) is 0 Å². The van der Waals surface area contributed by atoms with Gasteiger partial charge >= 0.3 is 0 Å². The number of hydrogen-bond acceptors (Lipinski definition) is 4. The Balaban J connectivity index is 2.55. The highest BCUT2D eigenvalue weighted by molar-refractivity contribution is 5.87. The number of rotatable bonds is 7. The van der Waals surface area contributed by atoms with Crippen LogP contribution in [-0.4, -0.2) is 9.97 Å². The van der Waals surface area contributed by atoms with Crippen molar-refractivity contribution in [2.45, 2.75) is 40.7 Å². The summed E-state index contributed by atoms with van der Waals surface area (Å²) in [7, 11) is 0. The third-order valence-corrected chi connectivity index (χ3v) is 4.61. The third kappa shape index (κ3) is 5.05. The third-order valence-electron chi connectivity index (χ3n) is 4.61. The highest BCUT2D eigenvalue weighted by Crippen LogP contribution is 2.31. The zero-order valence-corrected chi connectivity index (χ0v) is 17.3. The molecular formula is C24H30N4. The van der Waals surface area contributed by atoms with Gasteiger partial charge in [-0.15, -0.1) is 0 Å². The first-order valence-electron chi connectivity index (χ1n) is 9.57. The minimum absolute atomic E-state index is 0.290. The average Bonchev–Trinajstić information content (AvgIpc) is 2.70. The Morgan fingerprint density at radius 1 is 1.11 bits per heavy atom. The highest BCUT2D eigenvalue weighted by atomic mass is 15.0. The van der Waals surface area contributed by atoms with E-state index in [9.17, 15) is 0 Å². The Labute approximate surface area is 168 Å². The van der Waals surface area contributed by atoms with Crippen molar-refractivity contribution in [1.82, 2.24) is 9.97 Å². The highest BCUT2D eigenvalue weighted by Gasteiger charge is 2.13. The van der Waals surface area contributed by atoms with E-state index in [0.717, 1.165) is 51.2 Å². The maximum absolute atomic E-state index is 5.94. The normalized spacial score (nSPS) is 13.0. The largest absolute Gasteiger partial charge is 0.368 e. The minimum atomic E-state index is 0.290.